The van der Waals surface area contributed by atoms with Crippen LogP contribution >= 0.6 is 0 Å². The van der Waals surface area contributed by atoms with Gasteiger partial charge in [-0.1, -0.05) is 12.1 Å². The van der Waals surface area contributed by atoms with E-state index in [4.69, 9.17) is 9.47 Å². The number of carbonyl (C=O) groups is 1. The van der Waals surface area contributed by atoms with Crippen molar-refractivity contribution >= 4 is 5.91 Å². The third-order valence-corrected chi connectivity index (χ3v) is 2.93. The minimum atomic E-state index is -0.693. The van der Waals surface area contributed by atoms with E-state index in [2.05, 4.69) is 5.32 Å². The molecule has 0 fully saturated rings. The normalized spacial score (nSPS) is 12.7. The molecule has 0 bridgehead atoms. The standard InChI is InChI=1S/C14H21NO4/c1-10(16)14(2,3)15-13(17)9-19-12-8-6-5-7-11(12)18-4/h5-8,10,16H,9H2,1-4H3,(H,15,17). The molecule has 1 aromatic carbocycles. The zero-order valence-corrected chi connectivity index (χ0v) is 11.8. The first-order chi connectivity index (χ1) is 8.86. The highest BCUT2D eigenvalue weighted by Crippen LogP contribution is 2.25. The van der Waals surface area contributed by atoms with Crippen molar-refractivity contribution < 1.29 is 19.4 Å². The topological polar surface area (TPSA) is 67.8 Å². The summed E-state index contributed by atoms with van der Waals surface area (Å²) in [6.45, 7) is 5.00. The van der Waals surface area contributed by atoms with E-state index in [-0.39, 0.29) is 12.5 Å². The van der Waals surface area contributed by atoms with Gasteiger partial charge in [0.25, 0.3) is 5.91 Å². The van der Waals surface area contributed by atoms with Crippen LogP contribution in [0.2, 0.25) is 0 Å². The number of methoxy groups -OCH3 is 1. The summed E-state index contributed by atoms with van der Waals surface area (Å²) in [7, 11) is 1.54. The molecule has 1 rings (SSSR count). The maximum absolute atomic E-state index is 11.7. The molecular weight excluding hydrogens is 246 g/mol. The smallest absolute Gasteiger partial charge is 0.258 e. The molecule has 1 atom stereocenters. The van der Waals surface area contributed by atoms with Crippen molar-refractivity contribution in [3.05, 3.63) is 24.3 Å². The number of aliphatic hydroxyl groups excluding tert-OH is 1. The molecule has 5 heteroatoms. The van der Waals surface area contributed by atoms with Gasteiger partial charge in [-0.25, -0.2) is 0 Å². The molecular formula is C14H21NO4. The minimum Gasteiger partial charge on any atom is -0.493 e. The van der Waals surface area contributed by atoms with E-state index < -0.39 is 11.6 Å². The van der Waals surface area contributed by atoms with Gasteiger partial charge in [-0.3, -0.25) is 4.79 Å². The van der Waals surface area contributed by atoms with Crippen molar-refractivity contribution in [2.75, 3.05) is 13.7 Å². The van der Waals surface area contributed by atoms with E-state index in [9.17, 15) is 9.90 Å². The summed E-state index contributed by atoms with van der Waals surface area (Å²) in [5.74, 6) is 0.789. The number of hydrogen-bond donors (Lipinski definition) is 2. The zero-order chi connectivity index (χ0) is 14.5. The number of carbonyl (C=O) groups excluding carboxylic acids is 1. The Hall–Kier alpha value is -1.75. The Morgan fingerprint density at radius 3 is 2.47 bits per heavy atom. The first kappa shape index (κ1) is 15.3. The largest absolute Gasteiger partial charge is 0.493 e. The van der Waals surface area contributed by atoms with E-state index in [1.165, 1.54) is 0 Å². The van der Waals surface area contributed by atoms with Crippen molar-refractivity contribution in [3.8, 4) is 11.5 Å². The summed E-state index contributed by atoms with van der Waals surface area (Å²) < 4.78 is 10.5. The minimum absolute atomic E-state index is 0.128. The fourth-order valence-corrected chi connectivity index (χ4v) is 1.38. The second-order valence-electron chi connectivity index (χ2n) is 4.89. The predicted molar refractivity (Wildman–Crippen MR) is 72.4 cm³/mol. The van der Waals surface area contributed by atoms with Crippen molar-refractivity contribution in [1.29, 1.82) is 0 Å². The van der Waals surface area contributed by atoms with Crippen LogP contribution in [0.15, 0.2) is 24.3 Å². The maximum Gasteiger partial charge on any atom is 0.258 e. The number of aliphatic hydroxyl groups is 1. The van der Waals surface area contributed by atoms with E-state index in [0.717, 1.165) is 0 Å². The number of ether oxygens (including phenoxy) is 2. The van der Waals surface area contributed by atoms with Gasteiger partial charge < -0.3 is 19.9 Å². The third-order valence-electron chi connectivity index (χ3n) is 2.93. The molecule has 0 aromatic heterocycles. The lowest BCUT2D eigenvalue weighted by Crippen LogP contribution is -2.52. The second-order valence-corrected chi connectivity index (χ2v) is 4.89. The molecule has 5 nitrogen and oxygen atoms in total. The van der Waals surface area contributed by atoms with Crippen LogP contribution < -0.4 is 14.8 Å². The SMILES string of the molecule is COc1ccccc1OCC(=O)NC(C)(C)C(C)O. The Balaban J connectivity index is 2.55. The van der Waals surface area contributed by atoms with Crippen LogP contribution in [0.1, 0.15) is 20.8 Å². The number of hydrogen-bond acceptors (Lipinski definition) is 4. The Labute approximate surface area is 113 Å². The Morgan fingerprint density at radius 1 is 1.37 bits per heavy atom. The molecule has 0 spiro atoms. The Bertz CT molecular complexity index is 429. The maximum atomic E-state index is 11.7. The lowest BCUT2D eigenvalue weighted by atomic mass is 9.99. The molecule has 1 aromatic rings. The van der Waals surface area contributed by atoms with E-state index in [1.54, 1.807) is 46.1 Å². The van der Waals surface area contributed by atoms with Gasteiger partial charge in [0.1, 0.15) is 0 Å². The molecule has 0 aliphatic carbocycles. The van der Waals surface area contributed by atoms with Crippen molar-refractivity contribution in [2.24, 2.45) is 0 Å². The van der Waals surface area contributed by atoms with Gasteiger partial charge in [-0.2, -0.15) is 0 Å². The average molecular weight is 267 g/mol. The summed E-state index contributed by atoms with van der Waals surface area (Å²) in [6, 6.07) is 7.11. The number of amides is 1. The van der Waals surface area contributed by atoms with Crippen molar-refractivity contribution in [2.45, 2.75) is 32.4 Å². The summed E-state index contributed by atoms with van der Waals surface area (Å²) in [5, 5.41) is 12.2. The molecule has 106 valence electrons. The molecule has 0 saturated heterocycles. The van der Waals surface area contributed by atoms with Gasteiger partial charge in [0.05, 0.1) is 18.8 Å². The molecule has 0 heterocycles. The summed E-state index contributed by atoms with van der Waals surface area (Å²) in [5.41, 5.74) is -0.693. The zero-order valence-electron chi connectivity index (χ0n) is 11.8. The third kappa shape index (κ3) is 4.44. The van der Waals surface area contributed by atoms with E-state index in [0.29, 0.717) is 11.5 Å². The lowest BCUT2D eigenvalue weighted by molar-refractivity contribution is -0.126. The monoisotopic (exact) mass is 267 g/mol. The van der Waals surface area contributed by atoms with Crippen LogP contribution in [0, 0.1) is 0 Å². The number of benzene rings is 1. The molecule has 2 N–H and O–H groups in total. The van der Waals surface area contributed by atoms with E-state index in [1.807, 2.05) is 6.07 Å². The second kappa shape index (κ2) is 6.43. The Kier molecular flexibility index (Phi) is 5.18. The summed E-state index contributed by atoms with van der Waals surface area (Å²) in [4.78, 5) is 11.7. The highest BCUT2D eigenvalue weighted by molar-refractivity contribution is 5.78. The fourth-order valence-electron chi connectivity index (χ4n) is 1.38. The van der Waals surface area contributed by atoms with E-state index >= 15 is 0 Å². The predicted octanol–water partition coefficient (Wildman–Crippen LogP) is 1.35. The number of para-hydroxylation sites is 2. The fraction of sp³-hybridized carbons (Fsp3) is 0.500. The highest BCUT2D eigenvalue weighted by atomic mass is 16.5. The summed E-state index contributed by atoms with van der Waals surface area (Å²) >= 11 is 0. The molecule has 0 aliphatic heterocycles. The van der Waals surface area contributed by atoms with Crippen LogP contribution in [-0.2, 0) is 4.79 Å². The molecule has 0 radical (unpaired) electrons. The van der Waals surface area contributed by atoms with Gasteiger partial charge >= 0.3 is 0 Å². The van der Waals surface area contributed by atoms with Gasteiger partial charge in [0.2, 0.25) is 0 Å². The van der Waals surface area contributed by atoms with Crippen LogP contribution in [0.25, 0.3) is 0 Å². The van der Waals surface area contributed by atoms with Crippen LogP contribution in [0.4, 0.5) is 0 Å². The van der Waals surface area contributed by atoms with Crippen LogP contribution in [0.3, 0.4) is 0 Å². The lowest BCUT2D eigenvalue weighted by Gasteiger charge is -2.29. The molecule has 0 saturated carbocycles. The van der Waals surface area contributed by atoms with Gasteiger partial charge in [0.15, 0.2) is 18.1 Å². The van der Waals surface area contributed by atoms with Crippen molar-refractivity contribution in [1.82, 2.24) is 5.32 Å². The van der Waals surface area contributed by atoms with Crippen LogP contribution in [0.5, 0.6) is 11.5 Å². The molecule has 1 unspecified atom stereocenters. The van der Waals surface area contributed by atoms with Crippen molar-refractivity contribution in [3.63, 3.8) is 0 Å². The van der Waals surface area contributed by atoms with Gasteiger partial charge in [-0.05, 0) is 32.9 Å². The van der Waals surface area contributed by atoms with Crippen LogP contribution in [-0.4, -0.2) is 36.4 Å². The quantitative estimate of drug-likeness (QED) is 0.816. The molecule has 0 aliphatic rings. The average Bonchev–Trinajstić information content (AvgIpc) is 2.36. The number of rotatable bonds is 6. The van der Waals surface area contributed by atoms with Gasteiger partial charge in [0, 0.05) is 0 Å². The molecule has 1 amide bonds. The number of nitrogens with one attached hydrogen (secondary N) is 1. The Morgan fingerprint density at radius 2 is 1.95 bits per heavy atom. The molecule has 19 heavy (non-hydrogen) atoms. The first-order valence-electron chi connectivity index (χ1n) is 6.11. The summed E-state index contributed by atoms with van der Waals surface area (Å²) in [6.07, 6.45) is -0.650. The first-order valence-corrected chi connectivity index (χ1v) is 6.11. The highest BCUT2D eigenvalue weighted by Gasteiger charge is 2.26. The van der Waals surface area contributed by atoms with Gasteiger partial charge in [-0.15, -0.1) is 0 Å².